The summed E-state index contributed by atoms with van der Waals surface area (Å²) in [6.45, 7) is 12.9. The number of benzene rings is 1. The molecule has 0 fully saturated rings. The van der Waals surface area contributed by atoms with Gasteiger partial charge >= 0.3 is 0 Å². The summed E-state index contributed by atoms with van der Waals surface area (Å²) in [6, 6.07) is 8.74. The smallest absolute Gasteiger partial charge is 0.0994 e. The first-order chi connectivity index (χ1) is 9.73. The third kappa shape index (κ3) is 3.45. The molecule has 0 bridgehead atoms. The highest BCUT2D eigenvalue weighted by atomic mass is 14.3. The lowest BCUT2D eigenvalue weighted by atomic mass is 9.73. The minimum absolute atomic E-state index is 0.0212. The van der Waals surface area contributed by atoms with Gasteiger partial charge in [-0.2, -0.15) is 10.5 Å². The third-order valence-electron chi connectivity index (χ3n) is 4.86. The third-order valence-corrected chi connectivity index (χ3v) is 4.86. The molecular weight excluding hydrogens is 256 g/mol. The van der Waals surface area contributed by atoms with Gasteiger partial charge in [0.2, 0.25) is 0 Å². The lowest BCUT2D eigenvalue weighted by Crippen LogP contribution is -2.22. The van der Waals surface area contributed by atoms with Gasteiger partial charge in [0, 0.05) is 0 Å². The van der Waals surface area contributed by atoms with Crippen LogP contribution in [-0.2, 0) is 17.3 Å². The summed E-state index contributed by atoms with van der Waals surface area (Å²) in [6.07, 6.45) is 2.34. The molecule has 0 aliphatic rings. The Bertz CT molecular complexity index is 595. The maximum absolute atomic E-state index is 9.55. The second kappa shape index (κ2) is 6.31. The molecule has 2 heteroatoms. The average molecular weight is 282 g/mol. The van der Waals surface area contributed by atoms with Crippen LogP contribution < -0.4 is 0 Å². The fourth-order valence-corrected chi connectivity index (χ4v) is 2.54. The highest BCUT2D eigenvalue weighted by molar-refractivity contribution is 5.50. The first kappa shape index (κ1) is 17.3. The molecule has 1 aromatic carbocycles. The van der Waals surface area contributed by atoms with Crippen molar-refractivity contribution in [1.82, 2.24) is 0 Å². The van der Waals surface area contributed by atoms with Gasteiger partial charge in [-0.05, 0) is 46.4 Å². The number of rotatable bonds is 5. The average Bonchev–Trinajstić information content (AvgIpc) is 2.46. The molecule has 0 spiro atoms. The van der Waals surface area contributed by atoms with Crippen molar-refractivity contribution in [3.8, 4) is 12.1 Å². The molecule has 0 aliphatic carbocycles. The fourth-order valence-electron chi connectivity index (χ4n) is 2.54. The molecule has 0 aliphatic heterocycles. The SMILES string of the molecule is CCC(C)(C)c1cc(CC#N)c(C(C)(C)CC)cc1C#N. The van der Waals surface area contributed by atoms with Crippen molar-refractivity contribution in [2.75, 3.05) is 0 Å². The van der Waals surface area contributed by atoms with Crippen LogP contribution in [0.4, 0.5) is 0 Å². The van der Waals surface area contributed by atoms with Crippen LogP contribution in [0.15, 0.2) is 12.1 Å². The molecule has 0 heterocycles. The molecule has 0 amide bonds. The van der Waals surface area contributed by atoms with Crippen LogP contribution in [0.2, 0.25) is 0 Å². The van der Waals surface area contributed by atoms with Gasteiger partial charge < -0.3 is 0 Å². The molecule has 21 heavy (non-hydrogen) atoms. The highest BCUT2D eigenvalue weighted by Gasteiger charge is 2.27. The summed E-state index contributed by atoms with van der Waals surface area (Å²) in [5.41, 5.74) is 3.95. The lowest BCUT2D eigenvalue weighted by molar-refractivity contribution is 0.491. The monoisotopic (exact) mass is 282 g/mol. The van der Waals surface area contributed by atoms with E-state index in [1.165, 1.54) is 0 Å². The van der Waals surface area contributed by atoms with Gasteiger partial charge in [0.1, 0.15) is 0 Å². The summed E-state index contributed by atoms with van der Waals surface area (Å²) in [5, 5.41) is 18.7. The van der Waals surface area contributed by atoms with E-state index in [0.29, 0.717) is 6.42 Å². The van der Waals surface area contributed by atoms with Crippen LogP contribution >= 0.6 is 0 Å². The second-order valence-electron chi connectivity index (χ2n) is 6.98. The maximum atomic E-state index is 9.55. The van der Waals surface area contributed by atoms with Crippen LogP contribution in [0.3, 0.4) is 0 Å². The Morgan fingerprint density at radius 3 is 1.86 bits per heavy atom. The highest BCUT2D eigenvalue weighted by Crippen LogP contribution is 2.36. The van der Waals surface area contributed by atoms with Crippen molar-refractivity contribution in [2.24, 2.45) is 0 Å². The lowest BCUT2D eigenvalue weighted by Gasteiger charge is -2.30. The zero-order valence-corrected chi connectivity index (χ0v) is 14.2. The number of nitrogens with zero attached hydrogens (tertiary/aromatic N) is 2. The Morgan fingerprint density at radius 2 is 1.43 bits per heavy atom. The molecule has 0 saturated carbocycles. The zero-order chi connectivity index (χ0) is 16.3. The maximum Gasteiger partial charge on any atom is 0.0994 e. The van der Waals surface area contributed by atoms with Crippen LogP contribution in [0.1, 0.15) is 76.6 Å². The van der Waals surface area contributed by atoms with E-state index < -0.39 is 0 Å². The number of hydrogen-bond acceptors (Lipinski definition) is 2. The van der Waals surface area contributed by atoms with Crippen molar-refractivity contribution in [1.29, 1.82) is 10.5 Å². The van der Waals surface area contributed by atoms with Crippen LogP contribution in [-0.4, -0.2) is 0 Å². The van der Waals surface area contributed by atoms with Crippen molar-refractivity contribution in [2.45, 2.75) is 71.6 Å². The molecule has 0 aromatic heterocycles. The van der Waals surface area contributed by atoms with Crippen LogP contribution in [0.5, 0.6) is 0 Å². The Labute approximate surface area is 129 Å². The summed E-state index contributed by atoms with van der Waals surface area (Å²) in [4.78, 5) is 0. The van der Waals surface area contributed by atoms with E-state index >= 15 is 0 Å². The second-order valence-corrected chi connectivity index (χ2v) is 6.98. The van der Waals surface area contributed by atoms with E-state index in [1.54, 1.807) is 0 Å². The first-order valence-electron chi connectivity index (χ1n) is 7.68. The molecule has 0 atom stereocenters. The normalized spacial score (nSPS) is 11.8. The predicted molar refractivity (Wildman–Crippen MR) is 87.1 cm³/mol. The standard InChI is InChI=1S/C19H26N2/c1-7-18(3,4)16-12-15(13-21)17(19(5,6)8-2)11-14(16)9-10-20/h11-12H,7-9H2,1-6H3. The van der Waals surface area contributed by atoms with E-state index in [-0.39, 0.29) is 10.8 Å². The summed E-state index contributed by atoms with van der Waals surface area (Å²) in [5.74, 6) is 0. The van der Waals surface area contributed by atoms with E-state index in [4.69, 9.17) is 5.26 Å². The quantitative estimate of drug-likeness (QED) is 0.763. The van der Waals surface area contributed by atoms with Gasteiger partial charge in [0.15, 0.2) is 0 Å². The van der Waals surface area contributed by atoms with E-state index in [9.17, 15) is 5.26 Å². The van der Waals surface area contributed by atoms with Gasteiger partial charge in [0.25, 0.3) is 0 Å². The zero-order valence-electron chi connectivity index (χ0n) is 14.2. The molecule has 1 aromatic rings. The van der Waals surface area contributed by atoms with Crippen LogP contribution in [0.25, 0.3) is 0 Å². The Balaban J connectivity index is 3.65. The molecule has 0 radical (unpaired) electrons. The van der Waals surface area contributed by atoms with Gasteiger partial charge in [-0.15, -0.1) is 0 Å². The van der Waals surface area contributed by atoms with Gasteiger partial charge in [-0.3, -0.25) is 0 Å². The molecule has 0 N–H and O–H groups in total. The van der Waals surface area contributed by atoms with Crippen LogP contribution in [0, 0.1) is 22.7 Å². The minimum Gasteiger partial charge on any atom is -0.198 e. The predicted octanol–water partition coefficient (Wildman–Crippen LogP) is 5.00. The fraction of sp³-hybridized carbons (Fsp3) is 0.579. The largest absolute Gasteiger partial charge is 0.198 e. The molecular formula is C19H26N2. The number of nitriles is 2. The molecule has 1 rings (SSSR count). The van der Waals surface area contributed by atoms with E-state index in [2.05, 4.69) is 59.7 Å². The van der Waals surface area contributed by atoms with Gasteiger partial charge in [0.05, 0.1) is 24.1 Å². The number of hydrogen-bond donors (Lipinski definition) is 0. The molecule has 2 nitrogen and oxygen atoms in total. The van der Waals surface area contributed by atoms with Crippen molar-refractivity contribution < 1.29 is 0 Å². The van der Waals surface area contributed by atoms with Gasteiger partial charge in [-0.25, -0.2) is 0 Å². The topological polar surface area (TPSA) is 47.6 Å². The molecule has 0 unspecified atom stereocenters. The Kier molecular flexibility index (Phi) is 5.19. The Hall–Kier alpha value is -1.80. The van der Waals surface area contributed by atoms with Crippen molar-refractivity contribution >= 4 is 0 Å². The van der Waals surface area contributed by atoms with Crippen molar-refractivity contribution in [3.63, 3.8) is 0 Å². The Morgan fingerprint density at radius 1 is 0.905 bits per heavy atom. The van der Waals surface area contributed by atoms with Gasteiger partial charge in [-0.1, -0.05) is 47.6 Å². The first-order valence-corrected chi connectivity index (χ1v) is 7.68. The summed E-state index contributed by atoms with van der Waals surface area (Å²) >= 11 is 0. The molecule has 0 saturated heterocycles. The van der Waals surface area contributed by atoms with E-state index in [0.717, 1.165) is 35.1 Å². The summed E-state index contributed by atoms with van der Waals surface area (Å²) in [7, 11) is 0. The van der Waals surface area contributed by atoms with E-state index in [1.807, 2.05) is 6.07 Å². The van der Waals surface area contributed by atoms with Crippen molar-refractivity contribution in [3.05, 3.63) is 34.4 Å². The minimum atomic E-state index is -0.0514. The molecule has 112 valence electrons. The summed E-state index contributed by atoms with van der Waals surface area (Å²) < 4.78 is 0.